The number of hydrogen-bond acceptors (Lipinski definition) is 5. The molecular weight excluding hydrogens is 409 g/mol. The molecule has 0 unspecified atom stereocenters. The van der Waals surface area contributed by atoms with E-state index in [1.54, 1.807) is 49.8 Å². The second kappa shape index (κ2) is 9.64. The van der Waals surface area contributed by atoms with Crippen LogP contribution in [0.1, 0.15) is 56.6 Å². The van der Waals surface area contributed by atoms with Crippen molar-refractivity contribution in [3.05, 3.63) is 89.0 Å². The van der Waals surface area contributed by atoms with Crippen LogP contribution in [-0.4, -0.2) is 44.8 Å². The van der Waals surface area contributed by atoms with E-state index in [0.717, 1.165) is 18.4 Å². The van der Waals surface area contributed by atoms with Crippen LogP contribution < -0.4 is 5.32 Å². The van der Waals surface area contributed by atoms with Crippen molar-refractivity contribution in [1.82, 2.24) is 25.2 Å². The van der Waals surface area contributed by atoms with E-state index in [0.29, 0.717) is 42.3 Å². The van der Waals surface area contributed by atoms with Gasteiger partial charge in [0.1, 0.15) is 11.6 Å². The lowest BCUT2D eigenvalue weighted by Crippen LogP contribution is -2.38. The van der Waals surface area contributed by atoms with Gasteiger partial charge in [-0.05, 0) is 49.6 Å². The highest BCUT2D eigenvalue weighted by Gasteiger charge is 2.26. The molecule has 1 aliphatic rings. The summed E-state index contributed by atoms with van der Waals surface area (Å²) in [6, 6.07) is 9.43. The molecule has 32 heavy (non-hydrogen) atoms. The molecule has 0 saturated carbocycles. The smallest absolute Gasteiger partial charge is 0.254 e. The SMILES string of the molecule is Cc1nc(C2CCN(C(=O)c3ccncc3)CC2)ncc1C(=O)NCc1ccc(F)cc1. The molecule has 7 nitrogen and oxygen atoms in total. The van der Waals surface area contributed by atoms with Gasteiger partial charge in [-0.15, -0.1) is 0 Å². The Morgan fingerprint density at radius 2 is 1.78 bits per heavy atom. The molecule has 164 valence electrons. The fraction of sp³-hybridized carbons (Fsp3) is 0.292. The van der Waals surface area contributed by atoms with Crippen LogP contribution in [0.2, 0.25) is 0 Å². The summed E-state index contributed by atoms with van der Waals surface area (Å²) < 4.78 is 13.0. The summed E-state index contributed by atoms with van der Waals surface area (Å²) in [4.78, 5) is 40.0. The van der Waals surface area contributed by atoms with Gasteiger partial charge in [0.15, 0.2) is 0 Å². The van der Waals surface area contributed by atoms with Crippen LogP contribution in [0, 0.1) is 12.7 Å². The molecule has 1 aliphatic heterocycles. The minimum atomic E-state index is -0.313. The molecule has 0 aliphatic carbocycles. The first kappa shape index (κ1) is 21.5. The van der Waals surface area contributed by atoms with E-state index >= 15 is 0 Å². The summed E-state index contributed by atoms with van der Waals surface area (Å²) in [5.74, 6) is 0.278. The van der Waals surface area contributed by atoms with Gasteiger partial charge in [-0.1, -0.05) is 12.1 Å². The predicted molar refractivity (Wildman–Crippen MR) is 116 cm³/mol. The van der Waals surface area contributed by atoms with Crippen LogP contribution in [0.15, 0.2) is 55.0 Å². The molecular formula is C24H24FN5O2. The van der Waals surface area contributed by atoms with E-state index in [9.17, 15) is 14.0 Å². The Kier molecular flexibility index (Phi) is 6.49. The number of benzene rings is 1. The monoisotopic (exact) mass is 433 g/mol. The molecule has 2 aromatic heterocycles. The minimum absolute atomic E-state index is 0.0103. The number of aryl methyl sites for hydroxylation is 1. The Labute approximate surface area is 185 Å². The zero-order valence-electron chi connectivity index (χ0n) is 17.8. The van der Waals surface area contributed by atoms with Crippen LogP contribution in [0.3, 0.4) is 0 Å². The Balaban J connectivity index is 1.34. The first-order valence-electron chi connectivity index (χ1n) is 10.6. The van der Waals surface area contributed by atoms with Crippen molar-refractivity contribution >= 4 is 11.8 Å². The number of nitrogens with zero attached hydrogens (tertiary/aromatic N) is 4. The molecule has 1 aromatic carbocycles. The third-order valence-corrected chi connectivity index (χ3v) is 5.68. The molecule has 0 spiro atoms. The third-order valence-electron chi connectivity index (χ3n) is 5.68. The lowest BCUT2D eigenvalue weighted by molar-refractivity contribution is 0.0710. The quantitative estimate of drug-likeness (QED) is 0.667. The maximum atomic E-state index is 13.0. The maximum absolute atomic E-state index is 13.0. The second-order valence-corrected chi connectivity index (χ2v) is 7.84. The second-order valence-electron chi connectivity index (χ2n) is 7.84. The van der Waals surface area contributed by atoms with Gasteiger partial charge in [0.25, 0.3) is 11.8 Å². The summed E-state index contributed by atoms with van der Waals surface area (Å²) in [7, 11) is 0. The summed E-state index contributed by atoms with van der Waals surface area (Å²) in [6.07, 6.45) is 6.34. The molecule has 0 radical (unpaired) electrons. The highest BCUT2D eigenvalue weighted by molar-refractivity contribution is 5.95. The predicted octanol–water partition coefficient (Wildman–Crippen LogP) is 3.27. The number of pyridine rings is 1. The Morgan fingerprint density at radius 3 is 2.44 bits per heavy atom. The van der Waals surface area contributed by atoms with E-state index < -0.39 is 0 Å². The van der Waals surface area contributed by atoms with Gasteiger partial charge in [0.2, 0.25) is 0 Å². The fourth-order valence-electron chi connectivity index (χ4n) is 3.80. The zero-order valence-corrected chi connectivity index (χ0v) is 17.8. The number of nitrogens with one attached hydrogen (secondary N) is 1. The maximum Gasteiger partial charge on any atom is 0.254 e. The molecule has 1 saturated heterocycles. The summed E-state index contributed by atoms with van der Waals surface area (Å²) in [5.41, 5.74) is 2.48. The molecule has 2 amide bonds. The van der Waals surface area contributed by atoms with E-state index in [2.05, 4.69) is 20.3 Å². The van der Waals surface area contributed by atoms with Crippen molar-refractivity contribution in [2.24, 2.45) is 0 Å². The van der Waals surface area contributed by atoms with Gasteiger partial charge < -0.3 is 10.2 Å². The largest absolute Gasteiger partial charge is 0.348 e. The van der Waals surface area contributed by atoms with Crippen LogP contribution >= 0.6 is 0 Å². The number of likely N-dealkylation sites (tertiary alicyclic amines) is 1. The van der Waals surface area contributed by atoms with Gasteiger partial charge >= 0.3 is 0 Å². The average Bonchev–Trinajstić information content (AvgIpc) is 2.83. The van der Waals surface area contributed by atoms with E-state index in [-0.39, 0.29) is 23.5 Å². The first-order valence-corrected chi connectivity index (χ1v) is 10.6. The number of hydrogen-bond donors (Lipinski definition) is 1. The number of carbonyl (C=O) groups is 2. The van der Waals surface area contributed by atoms with Gasteiger partial charge in [-0.3, -0.25) is 14.6 Å². The molecule has 0 atom stereocenters. The number of piperidine rings is 1. The summed E-state index contributed by atoms with van der Waals surface area (Å²) in [6.45, 7) is 3.35. The van der Waals surface area contributed by atoms with Gasteiger partial charge in [-0.25, -0.2) is 14.4 Å². The van der Waals surface area contributed by atoms with Crippen molar-refractivity contribution in [3.8, 4) is 0 Å². The standard InChI is InChI=1S/C24H24FN5O2/c1-16-21(23(31)28-14-17-2-4-20(25)5-3-17)15-27-22(29-16)18-8-12-30(13-9-18)24(32)19-6-10-26-11-7-19/h2-7,10-11,15,18H,8-9,12-14H2,1H3,(H,28,31). The minimum Gasteiger partial charge on any atom is -0.348 e. The molecule has 0 bridgehead atoms. The molecule has 1 N–H and O–H groups in total. The van der Waals surface area contributed by atoms with Crippen LogP contribution in [0.5, 0.6) is 0 Å². The van der Waals surface area contributed by atoms with Crippen LogP contribution in [0.4, 0.5) is 4.39 Å². The Bertz CT molecular complexity index is 1100. The highest BCUT2D eigenvalue weighted by atomic mass is 19.1. The molecule has 8 heteroatoms. The topological polar surface area (TPSA) is 88.1 Å². The van der Waals surface area contributed by atoms with Crippen molar-refractivity contribution in [2.75, 3.05) is 13.1 Å². The number of carbonyl (C=O) groups excluding carboxylic acids is 2. The lowest BCUT2D eigenvalue weighted by atomic mass is 9.95. The third kappa shape index (κ3) is 4.96. The first-order chi connectivity index (χ1) is 15.5. The number of rotatable bonds is 5. The number of halogens is 1. The molecule has 4 rings (SSSR count). The fourth-order valence-corrected chi connectivity index (χ4v) is 3.80. The van der Waals surface area contributed by atoms with E-state index in [1.807, 2.05) is 4.90 Å². The van der Waals surface area contributed by atoms with Crippen molar-refractivity contribution < 1.29 is 14.0 Å². The highest BCUT2D eigenvalue weighted by Crippen LogP contribution is 2.26. The van der Waals surface area contributed by atoms with Crippen molar-refractivity contribution in [3.63, 3.8) is 0 Å². The lowest BCUT2D eigenvalue weighted by Gasteiger charge is -2.31. The van der Waals surface area contributed by atoms with Crippen LogP contribution in [-0.2, 0) is 6.54 Å². The normalized spacial score (nSPS) is 14.2. The molecule has 1 fully saturated rings. The molecule has 3 heterocycles. The van der Waals surface area contributed by atoms with E-state index in [4.69, 9.17) is 0 Å². The summed E-state index contributed by atoms with van der Waals surface area (Å²) >= 11 is 0. The van der Waals surface area contributed by atoms with Crippen LogP contribution in [0.25, 0.3) is 0 Å². The zero-order chi connectivity index (χ0) is 22.5. The Hall–Kier alpha value is -3.68. The Morgan fingerprint density at radius 1 is 1.09 bits per heavy atom. The number of amides is 2. The van der Waals surface area contributed by atoms with Crippen molar-refractivity contribution in [1.29, 1.82) is 0 Å². The van der Waals surface area contributed by atoms with Crippen molar-refractivity contribution in [2.45, 2.75) is 32.2 Å². The van der Waals surface area contributed by atoms with Gasteiger partial charge in [0.05, 0.1) is 11.3 Å². The van der Waals surface area contributed by atoms with Gasteiger partial charge in [0, 0.05) is 49.7 Å². The average molecular weight is 433 g/mol. The summed E-state index contributed by atoms with van der Waals surface area (Å²) in [5, 5.41) is 2.82. The van der Waals surface area contributed by atoms with E-state index in [1.165, 1.54) is 12.1 Å². The molecule has 3 aromatic rings. The van der Waals surface area contributed by atoms with Gasteiger partial charge in [-0.2, -0.15) is 0 Å². The number of aromatic nitrogens is 3.